The van der Waals surface area contributed by atoms with Gasteiger partial charge < -0.3 is 4.74 Å². The van der Waals surface area contributed by atoms with Gasteiger partial charge in [0.25, 0.3) is 0 Å². The molecule has 94 valence electrons. The number of ketones is 1. The molecule has 1 aromatic rings. The van der Waals surface area contributed by atoms with E-state index in [2.05, 4.69) is 4.74 Å². The Labute approximate surface area is 106 Å². The van der Waals surface area contributed by atoms with Gasteiger partial charge in [0.15, 0.2) is 5.78 Å². The van der Waals surface area contributed by atoms with Gasteiger partial charge in [-0.1, -0.05) is 43.3 Å². The second-order valence-corrected chi connectivity index (χ2v) is 4.85. The quantitative estimate of drug-likeness (QED) is 0.464. The number of allylic oxidation sites excluding steroid dienone is 1. The smallest absolute Gasteiger partial charge is 0.330 e. The summed E-state index contributed by atoms with van der Waals surface area (Å²) in [6, 6.07) is 9.25. The van der Waals surface area contributed by atoms with Crippen LogP contribution in [0.15, 0.2) is 42.5 Å². The summed E-state index contributed by atoms with van der Waals surface area (Å²) in [5.74, 6) is -0.262. The van der Waals surface area contributed by atoms with Crippen LogP contribution >= 0.6 is 0 Å². The zero-order valence-corrected chi connectivity index (χ0v) is 10.6. The van der Waals surface area contributed by atoms with E-state index in [1.165, 1.54) is 13.2 Å². The van der Waals surface area contributed by atoms with Gasteiger partial charge in [-0.15, -0.1) is 0 Å². The second kappa shape index (κ2) is 4.77. The van der Waals surface area contributed by atoms with Crippen LogP contribution in [-0.4, -0.2) is 18.9 Å². The van der Waals surface area contributed by atoms with Crippen molar-refractivity contribution < 1.29 is 14.3 Å². The van der Waals surface area contributed by atoms with E-state index >= 15 is 0 Å². The van der Waals surface area contributed by atoms with Crippen molar-refractivity contribution in [3.8, 4) is 0 Å². The van der Waals surface area contributed by atoms with Crippen molar-refractivity contribution in [1.29, 1.82) is 0 Å². The Hall–Kier alpha value is -1.90. The first-order valence-electron chi connectivity index (χ1n) is 5.93. The number of carbonyl (C=O) groups is 2. The molecule has 3 nitrogen and oxygen atoms in total. The molecule has 1 aromatic carbocycles. The number of hydrogen-bond acceptors (Lipinski definition) is 3. The maximum atomic E-state index is 12.2. The molecule has 0 aromatic heterocycles. The maximum Gasteiger partial charge on any atom is 0.330 e. The molecule has 0 spiro atoms. The van der Waals surface area contributed by atoms with Gasteiger partial charge in [0.2, 0.25) is 0 Å². The monoisotopic (exact) mass is 244 g/mol. The number of benzene rings is 1. The average molecular weight is 244 g/mol. The standard InChI is InChI=1S/C15H16O3/c1-15(9-8-13(16)18-2)10-12(15)14(17)11-6-4-3-5-7-11/h3-9,12H,10H2,1-2H3/b9-8+/t12-,15+/m1/s1. The van der Waals surface area contributed by atoms with Crippen LogP contribution in [0.5, 0.6) is 0 Å². The molecule has 0 radical (unpaired) electrons. The Kier molecular flexibility index (Phi) is 3.32. The van der Waals surface area contributed by atoms with Gasteiger partial charge in [-0.25, -0.2) is 4.79 Å². The largest absolute Gasteiger partial charge is 0.466 e. The lowest BCUT2D eigenvalue weighted by molar-refractivity contribution is -0.134. The highest BCUT2D eigenvalue weighted by molar-refractivity contribution is 6.00. The fourth-order valence-corrected chi connectivity index (χ4v) is 2.09. The van der Waals surface area contributed by atoms with Crippen LogP contribution in [0.1, 0.15) is 23.7 Å². The molecule has 18 heavy (non-hydrogen) atoms. The lowest BCUT2D eigenvalue weighted by Crippen LogP contribution is -2.07. The molecule has 3 heteroatoms. The summed E-state index contributed by atoms with van der Waals surface area (Å²) in [4.78, 5) is 23.2. The van der Waals surface area contributed by atoms with Crippen molar-refractivity contribution in [3.05, 3.63) is 48.0 Å². The van der Waals surface area contributed by atoms with Crippen LogP contribution in [-0.2, 0) is 9.53 Å². The molecule has 1 saturated carbocycles. The van der Waals surface area contributed by atoms with Crippen molar-refractivity contribution in [2.45, 2.75) is 13.3 Å². The maximum absolute atomic E-state index is 12.2. The average Bonchev–Trinajstić information content (AvgIpc) is 3.09. The highest BCUT2D eigenvalue weighted by atomic mass is 16.5. The number of esters is 1. The van der Waals surface area contributed by atoms with Gasteiger partial charge in [0, 0.05) is 17.6 Å². The third-order valence-electron chi connectivity index (χ3n) is 3.46. The first-order valence-corrected chi connectivity index (χ1v) is 5.93. The normalized spacial score (nSPS) is 26.0. The number of ether oxygens (including phenoxy) is 1. The van der Waals surface area contributed by atoms with Crippen molar-refractivity contribution in [3.63, 3.8) is 0 Å². The summed E-state index contributed by atoms with van der Waals surface area (Å²) >= 11 is 0. The third kappa shape index (κ3) is 2.50. The molecule has 0 heterocycles. The van der Waals surface area contributed by atoms with Gasteiger partial charge in [0.05, 0.1) is 7.11 Å². The molecule has 1 fully saturated rings. The molecule has 2 atom stereocenters. The van der Waals surface area contributed by atoms with Gasteiger partial charge in [-0.05, 0) is 11.8 Å². The molecular formula is C15H16O3. The van der Waals surface area contributed by atoms with Crippen molar-refractivity contribution in [2.75, 3.05) is 7.11 Å². The summed E-state index contributed by atoms with van der Waals surface area (Å²) < 4.78 is 4.54. The fraction of sp³-hybridized carbons (Fsp3) is 0.333. The van der Waals surface area contributed by atoms with Crippen LogP contribution in [0.2, 0.25) is 0 Å². The van der Waals surface area contributed by atoms with E-state index in [9.17, 15) is 9.59 Å². The van der Waals surface area contributed by atoms with Crippen LogP contribution in [0.25, 0.3) is 0 Å². The highest BCUT2D eigenvalue weighted by Crippen LogP contribution is 2.54. The van der Waals surface area contributed by atoms with Crippen molar-refractivity contribution >= 4 is 11.8 Å². The molecule has 1 aliphatic carbocycles. The van der Waals surface area contributed by atoms with Crippen LogP contribution in [0.4, 0.5) is 0 Å². The van der Waals surface area contributed by atoms with E-state index in [1.54, 1.807) is 6.08 Å². The highest BCUT2D eigenvalue weighted by Gasteiger charge is 2.52. The first kappa shape index (κ1) is 12.6. The van der Waals surface area contributed by atoms with E-state index in [1.807, 2.05) is 37.3 Å². The zero-order chi connectivity index (χ0) is 13.2. The minimum Gasteiger partial charge on any atom is -0.466 e. The van der Waals surface area contributed by atoms with E-state index in [-0.39, 0.29) is 23.1 Å². The van der Waals surface area contributed by atoms with Crippen LogP contribution in [0, 0.1) is 11.3 Å². The summed E-state index contributed by atoms with van der Waals surface area (Å²) in [5, 5.41) is 0. The number of Topliss-reactive ketones (excluding diaryl/α,β-unsaturated/α-hetero) is 1. The topological polar surface area (TPSA) is 43.4 Å². The Morgan fingerprint density at radius 2 is 2.00 bits per heavy atom. The Bertz CT molecular complexity index is 490. The van der Waals surface area contributed by atoms with Crippen LogP contribution < -0.4 is 0 Å². The van der Waals surface area contributed by atoms with E-state index in [0.717, 1.165) is 12.0 Å². The van der Waals surface area contributed by atoms with E-state index in [0.29, 0.717) is 0 Å². The SMILES string of the molecule is COC(=O)/C=C/[C@@]1(C)C[C@@H]1C(=O)c1ccccc1. The predicted octanol–water partition coefficient (Wildman–Crippen LogP) is 2.62. The molecule has 0 amide bonds. The summed E-state index contributed by atoms with van der Waals surface area (Å²) in [5.41, 5.74) is 0.527. The summed E-state index contributed by atoms with van der Waals surface area (Å²) in [7, 11) is 1.34. The van der Waals surface area contributed by atoms with Gasteiger partial charge in [0.1, 0.15) is 0 Å². The van der Waals surface area contributed by atoms with Crippen molar-refractivity contribution in [1.82, 2.24) is 0 Å². The van der Waals surface area contributed by atoms with Crippen molar-refractivity contribution in [2.24, 2.45) is 11.3 Å². The minimum absolute atomic E-state index is 0.0270. The molecule has 0 bridgehead atoms. The molecule has 0 unspecified atom stereocenters. The number of carbonyl (C=O) groups excluding carboxylic acids is 2. The molecular weight excluding hydrogens is 228 g/mol. The minimum atomic E-state index is -0.381. The molecule has 0 aliphatic heterocycles. The summed E-state index contributed by atoms with van der Waals surface area (Å²) in [6.07, 6.45) is 3.97. The number of methoxy groups -OCH3 is 1. The fourth-order valence-electron chi connectivity index (χ4n) is 2.09. The molecule has 2 rings (SSSR count). The number of hydrogen-bond donors (Lipinski definition) is 0. The molecule has 0 saturated heterocycles. The first-order chi connectivity index (χ1) is 8.57. The number of rotatable bonds is 4. The van der Waals surface area contributed by atoms with E-state index < -0.39 is 0 Å². The Balaban J connectivity index is 2.04. The Morgan fingerprint density at radius 1 is 1.33 bits per heavy atom. The van der Waals surface area contributed by atoms with Gasteiger partial charge >= 0.3 is 5.97 Å². The van der Waals surface area contributed by atoms with E-state index in [4.69, 9.17) is 0 Å². The third-order valence-corrected chi connectivity index (χ3v) is 3.46. The molecule has 0 N–H and O–H groups in total. The zero-order valence-electron chi connectivity index (χ0n) is 10.6. The van der Waals surface area contributed by atoms with Gasteiger partial charge in [-0.2, -0.15) is 0 Å². The predicted molar refractivity (Wildman–Crippen MR) is 68.1 cm³/mol. The Morgan fingerprint density at radius 3 is 2.61 bits per heavy atom. The molecule has 1 aliphatic rings. The lowest BCUT2D eigenvalue weighted by atomic mass is 9.99. The van der Waals surface area contributed by atoms with Gasteiger partial charge in [-0.3, -0.25) is 4.79 Å². The lowest BCUT2D eigenvalue weighted by Gasteiger charge is -2.04. The van der Waals surface area contributed by atoms with Crippen LogP contribution in [0.3, 0.4) is 0 Å². The second-order valence-electron chi connectivity index (χ2n) is 4.85. The summed E-state index contributed by atoms with van der Waals surface area (Å²) in [6.45, 7) is 1.98.